The van der Waals surface area contributed by atoms with E-state index in [-0.39, 0.29) is 17.1 Å². The molecule has 2 heterocycles. The molecule has 6 nitrogen and oxygen atoms in total. The highest BCUT2D eigenvalue weighted by Gasteiger charge is 2.42. The molecule has 168 valence electrons. The van der Waals surface area contributed by atoms with Crippen molar-refractivity contribution in [1.82, 2.24) is 9.80 Å². The van der Waals surface area contributed by atoms with Crippen LogP contribution in [-0.2, 0) is 0 Å². The van der Waals surface area contributed by atoms with Crippen LogP contribution in [0.15, 0.2) is 57.7 Å². The van der Waals surface area contributed by atoms with Crippen LogP contribution < -0.4 is 10.3 Å². The van der Waals surface area contributed by atoms with Crippen molar-refractivity contribution in [1.29, 1.82) is 0 Å². The Hall–Kier alpha value is -3.12. The van der Waals surface area contributed by atoms with E-state index in [1.165, 1.54) is 0 Å². The maximum absolute atomic E-state index is 13.5. The highest BCUT2D eigenvalue weighted by molar-refractivity contribution is 5.99. The molecule has 0 radical (unpaired) electrons. The fourth-order valence-corrected chi connectivity index (χ4v) is 4.50. The van der Waals surface area contributed by atoms with Crippen LogP contribution in [-0.4, -0.2) is 56.0 Å². The number of carbonyl (C=O) groups excluding carboxylic acids is 1. The van der Waals surface area contributed by atoms with E-state index in [1.807, 2.05) is 60.3 Å². The largest absolute Gasteiger partial charge is 0.450 e. The lowest BCUT2D eigenvalue weighted by atomic mass is 9.98. The van der Waals surface area contributed by atoms with E-state index in [1.54, 1.807) is 12.1 Å². The molecule has 0 bridgehead atoms. The van der Waals surface area contributed by atoms with E-state index >= 15 is 0 Å². The Balaban J connectivity index is 1.77. The molecule has 3 aromatic rings. The summed E-state index contributed by atoms with van der Waals surface area (Å²) >= 11 is 0. The van der Waals surface area contributed by atoms with Gasteiger partial charge in [0.15, 0.2) is 5.43 Å². The van der Waals surface area contributed by atoms with Crippen LogP contribution in [0.4, 0.5) is 5.69 Å². The number of para-hydroxylation sites is 1. The second kappa shape index (κ2) is 9.17. The lowest BCUT2D eigenvalue weighted by Crippen LogP contribution is -2.33. The summed E-state index contributed by atoms with van der Waals surface area (Å²) in [6.45, 7) is 7.71. The average molecular weight is 434 g/mol. The highest BCUT2D eigenvalue weighted by atomic mass is 16.3. The van der Waals surface area contributed by atoms with Gasteiger partial charge in [0.1, 0.15) is 5.58 Å². The fraction of sp³-hybridized carbons (Fsp3) is 0.385. The normalized spacial score (nSPS) is 15.6. The number of anilines is 1. The summed E-state index contributed by atoms with van der Waals surface area (Å²) in [5.41, 5.74) is 2.78. The molecule has 1 amide bonds. The van der Waals surface area contributed by atoms with Gasteiger partial charge in [0.05, 0.1) is 17.0 Å². The molecular weight excluding hydrogens is 402 g/mol. The van der Waals surface area contributed by atoms with Crippen molar-refractivity contribution in [2.45, 2.75) is 26.3 Å². The molecule has 0 aliphatic carbocycles. The zero-order valence-electron chi connectivity index (χ0n) is 19.3. The van der Waals surface area contributed by atoms with Gasteiger partial charge in [0.2, 0.25) is 5.76 Å². The lowest BCUT2D eigenvalue weighted by molar-refractivity contribution is 0.0720. The molecule has 32 heavy (non-hydrogen) atoms. The molecule has 6 heteroatoms. The average Bonchev–Trinajstić information content (AvgIpc) is 3.09. The number of hydrogen-bond acceptors (Lipinski definition) is 5. The van der Waals surface area contributed by atoms with Gasteiger partial charge in [-0.05, 0) is 55.9 Å². The first-order valence-electron chi connectivity index (χ1n) is 11.3. The van der Waals surface area contributed by atoms with Crippen molar-refractivity contribution in [3.8, 4) is 0 Å². The second-order valence-corrected chi connectivity index (χ2v) is 8.44. The second-order valence-electron chi connectivity index (χ2n) is 8.44. The van der Waals surface area contributed by atoms with E-state index < -0.39 is 6.04 Å². The predicted molar refractivity (Wildman–Crippen MR) is 129 cm³/mol. The van der Waals surface area contributed by atoms with Crippen molar-refractivity contribution < 1.29 is 9.21 Å². The maximum Gasteiger partial charge on any atom is 0.290 e. The molecule has 4 rings (SSSR count). The minimum Gasteiger partial charge on any atom is -0.450 e. The third-order valence-corrected chi connectivity index (χ3v) is 6.37. The van der Waals surface area contributed by atoms with Crippen LogP contribution in [0.2, 0.25) is 0 Å². The van der Waals surface area contributed by atoms with E-state index in [2.05, 4.69) is 18.7 Å². The number of carbonyl (C=O) groups is 1. The van der Waals surface area contributed by atoms with E-state index in [4.69, 9.17) is 4.42 Å². The van der Waals surface area contributed by atoms with Gasteiger partial charge in [-0.25, -0.2) is 0 Å². The topological polar surface area (TPSA) is 57.0 Å². The summed E-state index contributed by atoms with van der Waals surface area (Å²) in [5, 5.41) is 0.513. The van der Waals surface area contributed by atoms with Gasteiger partial charge in [-0.3, -0.25) is 9.59 Å². The molecule has 1 aliphatic heterocycles. The first-order chi connectivity index (χ1) is 15.5. The molecule has 0 saturated heterocycles. The van der Waals surface area contributed by atoms with Gasteiger partial charge in [0.25, 0.3) is 5.91 Å². The minimum absolute atomic E-state index is 0.122. The van der Waals surface area contributed by atoms with E-state index in [0.717, 1.165) is 37.3 Å². The van der Waals surface area contributed by atoms with Crippen molar-refractivity contribution in [3.63, 3.8) is 0 Å². The summed E-state index contributed by atoms with van der Waals surface area (Å²) in [7, 11) is 3.98. The number of rotatable bonds is 8. The van der Waals surface area contributed by atoms with Gasteiger partial charge >= 0.3 is 0 Å². The van der Waals surface area contributed by atoms with Crippen LogP contribution in [0.25, 0.3) is 11.0 Å². The van der Waals surface area contributed by atoms with E-state index in [9.17, 15) is 9.59 Å². The number of amides is 1. The number of hydrogen-bond donors (Lipinski definition) is 0. The molecule has 1 aromatic heterocycles. The first kappa shape index (κ1) is 22.1. The molecule has 1 unspecified atom stereocenters. The highest BCUT2D eigenvalue weighted by Crippen LogP contribution is 2.38. The van der Waals surface area contributed by atoms with Crippen molar-refractivity contribution in [3.05, 3.63) is 75.6 Å². The van der Waals surface area contributed by atoms with Crippen molar-refractivity contribution >= 4 is 22.6 Å². The first-order valence-corrected chi connectivity index (χ1v) is 11.3. The van der Waals surface area contributed by atoms with Gasteiger partial charge in [-0.1, -0.05) is 38.1 Å². The van der Waals surface area contributed by atoms with Crippen LogP contribution in [0.5, 0.6) is 0 Å². The summed E-state index contributed by atoms with van der Waals surface area (Å²) in [6.07, 6.45) is 0.835. The Labute approximate surface area is 189 Å². The molecule has 1 atom stereocenters. The monoisotopic (exact) mass is 433 g/mol. The molecule has 2 aromatic carbocycles. The summed E-state index contributed by atoms with van der Waals surface area (Å²) in [6, 6.07) is 14.8. The number of nitrogens with zero attached hydrogens (tertiary/aromatic N) is 3. The maximum atomic E-state index is 13.5. The van der Waals surface area contributed by atoms with Gasteiger partial charge in [-0.2, -0.15) is 0 Å². The zero-order chi connectivity index (χ0) is 22.8. The predicted octanol–water partition coefficient (Wildman–Crippen LogP) is 4.14. The lowest BCUT2D eigenvalue weighted by Gasteiger charge is -2.27. The SMILES string of the molecule is CCN(CC)CCCN1C(=O)c2oc3ccccc3c(=O)c2C1c1ccc(N(C)C)cc1. The quantitative estimate of drug-likeness (QED) is 0.535. The summed E-state index contributed by atoms with van der Waals surface area (Å²) < 4.78 is 6.00. The standard InChI is InChI=1S/C26H31N3O3/c1-5-28(6-2)16-9-17-29-23(18-12-14-19(15-13-18)27(3)4)22-24(30)20-10-7-8-11-21(20)32-25(22)26(29)31/h7-8,10-15,23H,5-6,9,16-17H2,1-4H3. The minimum atomic E-state index is -0.439. The fourth-order valence-electron chi connectivity index (χ4n) is 4.50. The Bertz CT molecular complexity index is 1160. The van der Waals surface area contributed by atoms with Crippen LogP contribution in [0.1, 0.15) is 48.0 Å². The van der Waals surface area contributed by atoms with Gasteiger partial charge in [0, 0.05) is 26.3 Å². The molecule has 0 N–H and O–H groups in total. The summed E-state index contributed by atoms with van der Waals surface area (Å²) in [4.78, 5) is 33.1. The van der Waals surface area contributed by atoms with Gasteiger partial charge in [-0.15, -0.1) is 0 Å². The van der Waals surface area contributed by atoms with E-state index in [0.29, 0.717) is 23.1 Å². The Morgan fingerprint density at radius 3 is 2.31 bits per heavy atom. The molecular formula is C26H31N3O3. The van der Waals surface area contributed by atoms with Crippen LogP contribution in [0.3, 0.4) is 0 Å². The van der Waals surface area contributed by atoms with Crippen molar-refractivity contribution in [2.24, 2.45) is 0 Å². The Kier molecular flexibility index (Phi) is 6.33. The van der Waals surface area contributed by atoms with Crippen molar-refractivity contribution in [2.75, 3.05) is 45.2 Å². The third-order valence-electron chi connectivity index (χ3n) is 6.37. The molecule has 1 aliphatic rings. The van der Waals surface area contributed by atoms with Gasteiger partial charge < -0.3 is 19.1 Å². The van der Waals surface area contributed by atoms with Crippen LogP contribution in [0, 0.1) is 0 Å². The Morgan fingerprint density at radius 1 is 0.969 bits per heavy atom. The molecule has 0 spiro atoms. The molecule has 0 saturated carbocycles. The number of benzene rings is 2. The Morgan fingerprint density at radius 2 is 1.66 bits per heavy atom. The summed E-state index contributed by atoms with van der Waals surface area (Å²) in [5.74, 6) is -0.0256. The third kappa shape index (κ3) is 3.91. The smallest absolute Gasteiger partial charge is 0.290 e. The zero-order valence-corrected chi connectivity index (χ0v) is 19.3. The van der Waals surface area contributed by atoms with Crippen LogP contribution >= 0.6 is 0 Å². The molecule has 0 fully saturated rings. The number of fused-ring (bicyclic) bond motifs is 2.